The van der Waals surface area contributed by atoms with Gasteiger partial charge in [-0.15, -0.1) is 0 Å². The van der Waals surface area contributed by atoms with Gasteiger partial charge in [0.15, 0.2) is 0 Å². The number of hydrogen-bond donors (Lipinski definition) is 0. The Hall–Kier alpha value is -1.72. The number of nitrogens with zero attached hydrogens (tertiary/aromatic N) is 4. The maximum Gasteiger partial charge on any atom is 0.340 e. The third-order valence-electron chi connectivity index (χ3n) is 3.75. The molecule has 0 aromatic carbocycles. The predicted octanol–water partition coefficient (Wildman–Crippen LogP) is 0.862. The van der Waals surface area contributed by atoms with Crippen molar-refractivity contribution >= 4 is 11.5 Å². The Morgan fingerprint density at radius 3 is 2.71 bits per heavy atom. The minimum Gasteiger partial charge on any atom is -0.451 e. The van der Waals surface area contributed by atoms with Gasteiger partial charge in [0.1, 0.15) is 5.60 Å². The molecule has 1 aliphatic heterocycles. The number of hydrogen-bond acceptors (Lipinski definition) is 5. The lowest BCUT2D eigenvalue weighted by Gasteiger charge is -2.33. The third kappa shape index (κ3) is 1.47. The van der Waals surface area contributed by atoms with Crippen molar-refractivity contribution < 1.29 is 9.53 Å². The number of carbonyl (C=O) groups excluding carboxylic acids is 1. The van der Waals surface area contributed by atoms with Crippen LogP contribution in [0.2, 0.25) is 0 Å². The second-order valence-corrected chi connectivity index (χ2v) is 4.65. The van der Waals surface area contributed by atoms with Crippen LogP contribution in [-0.2, 0) is 9.53 Å². The fourth-order valence-electron chi connectivity index (χ4n) is 2.79. The molecule has 1 spiro atoms. The minimum atomic E-state index is -0.411. The molecule has 0 unspecified atom stereocenters. The molecule has 0 bridgehead atoms. The normalized spacial score (nSPS) is 23.2. The van der Waals surface area contributed by atoms with E-state index in [1.165, 1.54) is 6.42 Å². The molecule has 1 fully saturated rings. The molecule has 1 aromatic heterocycles. The summed E-state index contributed by atoms with van der Waals surface area (Å²) in [5.41, 5.74) is 0.986. The zero-order chi connectivity index (χ0) is 11.9. The number of rotatable bonds is 1. The zero-order valence-electron chi connectivity index (χ0n) is 9.64. The van der Waals surface area contributed by atoms with Gasteiger partial charge < -0.3 is 9.84 Å². The summed E-state index contributed by atoms with van der Waals surface area (Å²) in [4.78, 5) is 11.9. The van der Waals surface area contributed by atoms with Gasteiger partial charge in [-0.1, -0.05) is 6.42 Å². The van der Waals surface area contributed by atoms with Gasteiger partial charge in [0.05, 0.1) is 5.57 Å². The van der Waals surface area contributed by atoms with E-state index in [1.54, 1.807) is 0 Å². The van der Waals surface area contributed by atoms with Crippen LogP contribution in [0.1, 0.15) is 44.9 Å². The lowest BCUT2D eigenvalue weighted by Crippen LogP contribution is -2.33. The van der Waals surface area contributed by atoms with Crippen LogP contribution in [0, 0.1) is 0 Å². The van der Waals surface area contributed by atoms with Gasteiger partial charge in [0.25, 0.3) is 0 Å². The average molecular weight is 233 g/mol. The van der Waals surface area contributed by atoms with E-state index in [-0.39, 0.29) is 11.8 Å². The van der Waals surface area contributed by atoms with E-state index in [2.05, 4.69) is 20.6 Å². The highest BCUT2D eigenvalue weighted by Crippen LogP contribution is 2.45. The Balaban J connectivity index is 2.04. The fourth-order valence-corrected chi connectivity index (χ4v) is 2.79. The van der Waals surface area contributed by atoms with Gasteiger partial charge in [-0.2, -0.15) is 5.21 Å². The minimum absolute atomic E-state index is 0.287. The lowest BCUT2D eigenvalue weighted by atomic mass is 9.79. The quantitative estimate of drug-likeness (QED) is 0.669. The van der Waals surface area contributed by atoms with Crippen molar-refractivity contribution in [2.75, 3.05) is 0 Å². The summed E-state index contributed by atoms with van der Waals surface area (Å²) in [5.74, 6) is -0.0471. The van der Waals surface area contributed by atoms with E-state index < -0.39 is 5.60 Å². The van der Waals surface area contributed by atoms with Crippen LogP contribution >= 0.6 is 0 Å². The number of aromatic nitrogens is 4. The second-order valence-electron chi connectivity index (χ2n) is 4.65. The number of ether oxygens (including phenoxy) is 1. The molecule has 0 N–H and O–H groups in total. The summed E-state index contributed by atoms with van der Waals surface area (Å²) in [6.07, 6.45) is 5.19. The molecule has 2 aliphatic rings. The average Bonchev–Trinajstić information content (AvgIpc) is 2.90. The van der Waals surface area contributed by atoms with Crippen molar-refractivity contribution in [3.05, 3.63) is 11.4 Å². The first-order chi connectivity index (χ1) is 8.23. The van der Waals surface area contributed by atoms with Gasteiger partial charge in [-0.25, -0.2) is 4.79 Å². The second kappa shape index (κ2) is 3.65. The van der Waals surface area contributed by atoms with Crippen molar-refractivity contribution in [2.45, 2.75) is 44.6 Å². The van der Waals surface area contributed by atoms with E-state index in [1.807, 2.05) is 6.92 Å². The Labute approximate surface area is 98.4 Å². The molecule has 1 saturated carbocycles. The summed E-state index contributed by atoms with van der Waals surface area (Å²) in [6.45, 7) is 1.93. The molecule has 90 valence electrons. The predicted molar refractivity (Wildman–Crippen MR) is 57.6 cm³/mol. The van der Waals surface area contributed by atoms with E-state index in [9.17, 15) is 4.79 Å². The van der Waals surface area contributed by atoms with Crippen molar-refractivity contribution in [2.24, 2.45) is 0 Å². The number of esters is 1. The lowest BCUT2D eigenvalue weighted by molar-refractivity contribution is -0.147. The van der Waals surface area contributed by atoms with Gasteiger partial charge in [0, 0.05) is 5.82 Å². The van der Waals surface area contributed by atoms with Crippen LogP contribution in [0.5, 0.6) is 0 Å². The first-order valence-corrected chi connectivity index (χ1v) is 5.87. The van der Waals surface area contributed by atoms with Crippen LogP contribution in [0.4, 0.5) is 0 Å². The highest BCUT2D eigenvalue weighted by Gasteiger charge is 2.45. The summed E-state index contributed by atoms with van der Waals surface area (Å²) in [5, 5.41) is 14.3. The maximum absolute atomic E-state index is 11.9. The van der Waals surface area contributed by atoms with Crippen molar-refractivity contribution in [3.63, 3.8) is 0 Å². The largest absolute Gasteiger partial charge is 0.451 e. The first-order valence-electron chi connectivity index (χ1n) is 5.87. The summed E-state index contributed by atoms with van der Waals surface area (Å²) in [7, 11) is 0. The molecule has 0 saturated heterocycles. The molecule has 1 aliphatic carbocycles. The first kappa shape index (κ1) is 10.4. The van der Waals surface area contributed by atoms with Gasteiger partial charge in [-0.3, -0.25) is 10.3 Å². The highest BCUT2D eigenvalue weighted by atomic mass is 16.6. The van der Waals surface area contributed by atoms with Crippen molar-refractivity contribution in [3.8, 4) is 0 Å². The molecule has 6 nitrogen and oxygen atoms in total. The van der Waals surface area contributed by atoms with Crippen LogP contribution < -0.4 is 5.10 Å². The Bertz CT molecular complexity index is 472. The highest BCUT2D eigenvalue weighted by molar-refractivity contribution is 6.18. The monoisotopic (exact) mass is 233 g/mol. The molecule has 6 heteroatoms. The van der Waals surface area contributed by atoms with E-state index in [0.29, 0.717) is 5.57 Å². The molecule has 0 radical (unpaired) electrons. The number of tetrazole rings is 1. The van der Waals surface area contributed by atoms with Gasteiger partial charge in [0.2, 0.25) is 0 Å². The van der Waals surface area contributed by atoms with Gasteiger partial charge in [-0.05, 0) is 38.2 Å². The van der Waals surface area contributed by atoms with Gasteiger partial charge >= 0.3 is 5.97 Å². The zero-order valence-corrected chi connectivity index (χ0v) is 9.64. The Morgan fingerprint density at radius 1 is 1.29 bits per heavy atom. The van der Waals surface area contributed by atoms with E-state index in [4.69, 9.17) is 4.74 Å². The molecule has 0 amide bonds. The number of carbonyl (C=O) groups is 1. The summed E-state index contributed by atoms with van der Waals surface area (Å²) < 4.78 is 5.59. The molecular weight excluding hydrogens is 220 g/mol. The summed E-state index contributed by atoms with van der Waals surface area (Å²) in [6, 6.07) is 0. The van der Waals surface area contributed by atoms with Crippen LogP contribution in [-0.4, -0.2) is 27.1 Å². The SMILES string of the molecule is CC1=C(c2nnn[n-]2)C(=O)OC12CCCCC2. The molecular formula is C11H13N4O2-. The molecule has 0 atom stereocenters. The molecule has 1 aromatic rings. The molecule has 2 heterocycles. The van der Waals surface area contributed by atoms with Crippen molar-refractivity contribution in [1.82, 2.24) is 20.6 Å². The van der Waals surface area contributed by atoms with E-state index in [0.717, 1.165) is 31.3 Å². The third-order valence-corrected chi connectivity index (χ3v) is 3.75. The van der Waals surface area contributed by atoms with Crippen molar-refractivity contribution in [1.29, 1.82) is 0 Å². The Kier molecular flexibility index (Phi) is 2.24. The Morgan fingerprint density at radius 2 is 2.06 bits per heavy atom. The topological polar surface area (TPSA) is 79.1 Å². The fraction of sp³-hybridized carbons (Fsp3) is 0.636. The van der Waals surface area contributed by atoms with Crippen LogP contribution in [0.25, 0.3) is 5.57 Å². The van der Waals surface area contributed by atoms with Crippen LogP contribution in [0.15, 0.2) is 5.57 Å². The molecule has 17 heavy (non-hydrogen) atoms. The summed E-state index contributed by atoms with van der Waals surface area (Å²) >= 11 is 0. The van der Waals surface area contributed by atoms with Crippen LogP contribution in [0.3, 0.4) is 0 Å². The maximum atomic E-state index is 11.9. The molecule has 3 rings (SSSR count). The standard InChI is InChI=1S/C11H13N4O2/c1-7-8(9-12-14-15-13-9)10(16)17-11(7)5-3-2-4-6-11/h2-6H2,1H3/q-1. The smallest absolute Gasteiger partial charge is 0.340 e. The van der Waals surface area contributed by atoms with E-state index >= 15 is 0 Å².